The summed E-state index contributed by atoms with van der Waals surface area (Å²) in [5.74, 6) is -0.811. The molecule has 0 saturated carbocycles. The van der Waals surface area contributed by atoms with E-state index < -0.39 is 12.1 Å². The Kier molecular flexibility index (Phi) is 3.67. The number of nitrogens with zero attached hydrogens (tertiary/aromatic N) is 1. The number of esters is 1. The summed E-state index contributed by atoms with van der Waals surface area (Å²) in [6.07, 6.45) is 1.08. The lowest BCUT2D eigenvalue weighted by atomic mass is 10.1. The molecule has 2 aromatic rings. The number of carbonyl (C=O) groups excluding carboxylic acids is 1. The second-order valence-electron chi connectivity index (χ2n) is 3.81. The van der Waals surface area contributed by atoms with Crippen molar-refractivity contribution in [2.24, 2.45) is 0 Å². The minimum Gasteiger partial charge on any atom is -0.453 e. The molecule has 3 nitrogen and oxygen atoms in total. The average molecular weight is 245 g/mol. The van der Waals surface area contributed by atoms with E-state index in [-0.39, 0.29) is 11.5 Å². The van der Waals surface area contributed by atoms with Gasteiger partial charge in [0.25, 0.3) is 0 Å². The first-order valence-corrected chi connectivity index (χ1v) is 5.54. The van der Waals surface area contributed by atoms with Crippen LogP contribution in [0.15, 0.2) is 48.7 Å². The maximum Gasteiger partial charge on any atom is 0.357 e. The maximum absolute atomic E-state index is 12.8. The molecule has 92 valence electrons. The smallest absolute Gasteiger partial charge is 0.357 e. The van der Waals surface area contributed by atoms with Gasteiger partial charge in [0.1, 0.15) is 17.6 Å². The van der Waals surface area contributed by atoms with Crippen LogP contribution in [0.3, 0.4) is 0 Å². The highest BCUT2D eigenvalue weighted by Crippen LogP contribution is 2.18. The van der Waals surface area contributed by atoms with Gasteiger partial charge in [-0.3, -0.25) is 0 Å². The van der Waals surface area contributed by atoms with Gasteiger partial charge in [-0.05, 0) is 36.8 Å². The highest BCUT2D eigenvalue weighted by atomic mass is 19.1. The lowest BCUT2D eigenvalue weighted by molar-refractivity contribution is 0.0331. The number of aromatic nitrogens is 1. The van der Waals surface area contributed by atoms with E-state index in [2.05, 4.69) is 4.98 Å². The van der Waals surface area contributed by atoms with E-state index in [1.165, 1.54) is 18.3 Å². The molecule has 0 radical (unpaired) electrons. The Bertz CT molecular complexity index is 525. The van der Waals surface area contributed by atoms with Gasteiger partial charge >= 0.3 is 5.97 Å². The van der Waals surface area contributed by atoms with Crippen molar-refractivity contribution in [3.63, 3.8) is 0 Å². The van der Waals surface area contributed by atoms with Crippen molar-refractivity contribution in [2.45, 2.75) is 13.0 Å². The molecule has 18 heavy (non-hydrogen) atoms. The molecule has 4 heteroatoms. The molecule has 0 bridgehead atoms. The number of rotatable bonds is 3. The van der Waals surface area contributed by atoms with Gasteiger partial charge in [0.05, 0.1) is 0 Å². The number of pyridine rings is 1. The predicted molar refractivity (Wildman–Crippen MR) is 64.5 cm³/mol. The maximum atomic E-state index is 12.8. The fraction of sp³-hybridized carbons (Fsp3) is 0.143. The monoisotopic (exact) mass is 245 g/mol. The Morgan fingerprint density at radius 3 is 2.56 bits per heavy atom. The van der Waals surface area contributed by atoms with Crippen LogP contribution in [0.5, 0.6) is 0 Å². The normalized spacial score (nSPS) is 11.9. The summed E-state index contributed by atoms with van der Waals surface area (Å²) in [7, 11) is 0. The molecular formula is C14H12FNO2. The van der Waals surface area contributed by atoms with E-state index in [1.54, 1.807) is 37.3 Å². The SMILES string of the molecule is CC(OC(=O)c1ccccn1)c1ccc(F)cc1. The Labute approximate surface area is 104 Å². The third-order valence-corrected chi connectivity index (χ3v) is 2.50. The highest BCUT2D eigenvalue weighted by molar-refractivity contribution is 5.87. The fourth-order valence-corrected chi connectivity index (χ4v) is 1.51. The molecule has 1 aromatic heterocycles. The zero-order chi connectivity index (χ0) is 13.0. The largest absolute Gasteiger partial charge is 0.453 e. The first-order valence-electron chi connectivity index (χ1n) is 5.54. The molecule has 0 amide bonds. The molecular weight excluding hydrogens is 233 g/mol. The Morgan fingerprint density at radius 1 is 1.22 bits per heavy atom. The first kappa shape index (κ1) is 12.2. The van der Waals surface area contributed by atoms with Crippen molar-refractivity contribution in [3.8, 4) is 0 Å². The van der Waals surface area contributed by atoms with Crippen LogP contribution in [-0.4, -0.2) is 11.0 Å². The quantitative estimate of drug-likeness (QED) is 0.780. The second kappa shape index (κ2) is 5.40. The summed E-state index contributed by atoms with van der Waals surface area (Å²) in [5.41, 5.74) is 0.993. The molecule has 0 aliphatic heterocycles. The van der Waals surface area contributed by atoms with Crippen molar-refractivity contribution >= 4 is 5.97 Å². The number of hydrogen-bond acceptors (Lipinski definition) is 3. The third kappa shape index (κ3) is 2.91. The lowest BCUT2D eigenvalue weighted by Crippen LogP contribution is -2.10. The van der Waals surface area contributed by atoms with E-state index >= 15 is 0 Å². The standard InChI is InChI=1S/C14H12FNO2/c1-10(11-5-7-12(15)8-6-11)18-14(17)13-4-2-3-9-16-13/h2-10H,1H3. The van der Waals surface area contributed by atoms with Gasteiger partial charge in [-0.25, -0.2) is 14.2 Å². The molecule has 0 saturated heterocycles. The van der Waals surface area contributed by atoms with Crippen molar-refractivity contribution in [1.29, 1.82) is 0 Å². The molecule has 0 aliphatic rings. The van der Waals surface area contributed by atoms with Crippen molar-refractivity contribution < 1.29 is 13.9 Å². The van der Waals surface area contributed by atoms with Gasteiger partial charge in [-0.2, -0.15) is 0 Å². The summed E-state index contributed by atoms with van der Waals surface area (Å²) < 4.78 is 18.0. The van der Waals surface area contributed by atoms with Gasteiger partial charge in [0.2, 0.25) is 0 Å². The molecule has 0 aliphatic carbocycles. The molecule has 0 fully saturated rings. The lowest BCUT2D eigenvalue weighted by Gasteiger charge is -2.13. The molecule has 2 rings (SSSR count). The van der Waals surface area contributed by atoms with Crippen molar-refractivity contribution in [1.82, 2.24) is 4.98 Å². The van der Waals surface area contributed by atoms with Crippen molar-refractivity contribution in [3.05, 3.63) is 65.7 Å². The van der Waals surface area contributed by atoms with Crippen LogP contribution in [0.4, 0.5) is 4.39 Å². The number of benzene rings is 1. The molecule has 1 unspecified atom stereocenters. The van der Waals surface area contributed by atoms with Crippen LogP contribution in [0.2, 0.25) is 0 Å². The van der Waals surface area contributed by atoms with Crippen LogP contribution < -0.4 is 0 Å². The van der Waals surface area contributed by atoms with Gasteiger partial charge in [-0.1, -0.05) is 18.2 Å². The van der Waals surface area contributed by atoms with Crippen LogP contribution in [0, 0.1) is 5.82 Å². The van der Waals surface area contributed by atoms with Crippen LogP contribution in [0.1, 0.15) is 29.1 Å². The molecule has 1 aromatic carbocycles. The van der Waals surface area contributed by atoms with Crippen LogP contribution in [0.25, 0.3) is 0 Å². The molecule has 1 heterocycles. The zero-order valence-corrected chi connectivity index (χ0v) is 9.84. The third-order valence-electron chi connectivity index (χ3n) is 2.50. The van der Waals surface area contributed by atoms with E-state index in [9.17, 15) is 9.18 Å². The highest BCUT2D eigenvalue weighted by Gasteiger charge is 2.14. The summed E-state index contributed by atoms with van der Waals surface area (Å²) >= 11 is 0. The minimum atomic E-state index is -0.493. The molecule has 0 N–H and O–H groups in total. The van der Waals surface area contributed by atoms with E-state index in [0.29, 0.717) is 0 Å². The predicted octanol–water partition coefficient (Wildman–Crippen LogP) is 3.14. The summed E-state index contributed by atoms with van der Waals surface area (Å²) in [4.78, 5) is 15.6. The number of halogens is 1. The van der Waals surface area contributed by atoms with E-state index in [1.807, 2.05) is 0 Å². The molecule has 0 spiro atoms. The Morgan fingerprint density at radius 2 is 1.94 bits per heavy atom. The second-order valence-corrected chi connectivity index (χ2v) is 3.81. The summed E-state index contributed by atoms with van der Waals surface area (Å²) in [6.45, 7) is 1.73. The summed E-state index contributed by atoms with van der Waals surface area (Å²) in [6, 6.07) is 10.9. The summed E-state index contributed by atoms with van der Waals surface area (Å²) in [5, 5.41) is 0. The van der Waals surface area contributed by atoms with Gasteiger partial charge in [0.15, 0.2) is 0 Å². The Balaban J connectivity index is 2.06. The Hall–Kier alpha value is -2.23. The van der Waals surface area contributed by atoms with E-state index in [4.69, 9.17) is 4.74 Å². The number of hydrogen-bond donors (Lipinski definition) is 0. The zero-order valence-electron chi connectivity index (χ0n) is 9.84. The van der Waals surface area contributed by atoms with Crippen LogP contribution in [-0.2, 0) is 4.74 Å². The average Bonchev–Trinajstić information content (AvgIpc) is 2.40. The van der Waals surface area contributed by atoms with Gasteiger partial charge in [-0.15, -0.1) is 0 Å². The first-order chi connectivity index (χ1) is 8.66. The van der Waals surface area contributed by atoms with E-state index in [0.717, 1.165) is 5.56 Å². The van der Waals surface area contributed by atoms with Crippen LogP contribution >= 0.6 is 0 Å². The number of carbonyl (C=O) groups is 1. The van der Waals surface area contributed by atoms with Gasteiger partial charge < -0.3 is 4.74 Å². The van der Waals surface area contributed by atoms with Crippen molar-refractivity contribution in [2.75, 3.05) is 0 Å². The molecule has 1 atom stereocenters. The number of ether oxygens (including phenoxy) is 1. The fourth-order valence-electron chi connectivity index (χ4n) is 1.51. The minimum absolute atomic E-state index is 0.256. The topological polar surface area (TPSA) is 39.2 Å². The van der Waals surface area contributed by atoms with Gasteiger partial charge in [0, 0.05) is 6.20 Å².